The van der Waals surface area contributed by atoms with Gasteiger partial charge in [-0.1, -0.05) is 11.6 Å². The van der Waals surface area contributed by atoms with Crippen LogP contribution >= 0.6 is 0 Å². The summed E-state index contributed by atoms with van der Waals surface area (Å²) >= 11 is 0. The summed E-state index contributed by atoms with van der Waals surface area (Å²) in [6.07, 6.45) is 0.147. The molecule has 0 saturated carbocycles. The topological polar surface area (TPSA) is 102 Å². The quantitative estimate of drug-likeness (QED) is 0.719. The lowest BCUT2D eigenvalue weighted by Gasteiger charge is -2.08. The third kappa shape index (κ3) is 2.41. The molecule has 2 aromatic rings. The van der Waals surface area contributed by atoms with Gasteiger partial charge < -0.3 is 16.5 Å². The van der Waals surface area contributed by atoms with Gasteiger partial charge in [0, 0.05) is 17.5 Å². The Hall–Kier alpha value is -2.14. The first kappa shape index (κ1) is 12.3. The largest absolute Gasteiger partial charge is 0.368 e. The summed E-state index contributed by atoms with van der Waals surface area (Å²) in [7, 11) is 0. The molecule has 0 aliphatic rings. The Morgan fingerprint density at radius 1 is 1.39 bits per heavy atom. The van der Waals surface area contributed by atoms with Gasteiger partial charge in [-0.2, -0.15) is 0 Å². The standard InChI is InChI=1S/C13H15N3O2/c1-7-2-3-11-8(4-7)5-9(13(18)16-11)6-10(14)12(15)17/h2-5,10H,6,14H2,1H3,(H2,15,17)(H,16,18)/t10-/m0/s1. The predicted octanol–water partition coefficient (Wildman–Crippen LogP) is 0.192. The van der Waals surface area contributed by atoms with Crippen molar-refractivity contribution in [3.63, 3.8) is 0 Å². The Morgan fingerprint density at radius 3 is 2.78 bits per heavy atom. The molecule has 1 heterocycles. The number of nitrogens with two attached hydrogens (primary N) is 2. The number of nitrogens with one attached hydrogen (secondary N) is 1. The molecule has 0 radical (unpaired) electrons. The van der Waals surface area contributed by atoms with Gasteiger partial charge in [-0.25, -0.2) is 0 Å². The molecule has 94 valence electrons. The van der Waals surface area contributed by atoms with E-state index in [0.29, 0.717) is 5.56 Å². The Kier molecular flexibility index (Phi) is 3.16. The summed E-state index contributed by atoms with van der Waals surface area (Å²) in [5, 5.41) is 0.918. The first-order valence-corrected chi connectivity index (χ1v) is 5.65. The van der Waals surface area contributed by atoms with Crippen molar-refractivity contribution in [2.45, 2.75) is 19.4 Å². The van der Waals surface area contributed by atoms with Crippen molar-refractivity contribution in [3.8, 4) is 0 Å². The molecule has 1 aromatic heterocycles. The highest BCUT2D eigenvalue weighted by Gasteiger charge is 2.13. The second kappa shape index (κ2) is 4.62. The predicted molar refractivity (Wildman–Crippen MR) is 70.2 cm³/mol. The smallest absolute Gasteiger partial charge is 0.251 e. The lowest BCUT2D eigenvalue weighted by atomic mass is 10.0. The maximum Gasteiger partial charge on any atom is 0.251 e. The first-order chi connectivity index (χ1) is 8.47. The van der Waals surface area contributed by atoms with Crippen LogP contribution in [-0.4, -0.2) is 16.9 Å². The number of carbonyl (C=O) groups excluding carboxylic acids is 1. The molecule has 1 amide bonds. The van der Waals surface area contributed by atoms with Gasteiger partial charge in [-0.05, 0) is 30.5 Å². The van der Waals surface area contributed by atoms with Crippen LogP contribution in [-0.2, 0) is 11.2 Å². The molecule has 5 N–H and O–H groups in total. The number of carbonyl (C=O) groups is 1. The van der Waals surface area contributed by atoms with Crippen molar-refractivity contribution in [1.82, 2.24) is 4.98 Å². The van der Waals surface area contributed by atoms with Crippen molar-refractivity contribution in [1.29, 1.82) is 0 Å². The number of aromatic amines is 1. The van der Waals surface area contributed by atoms with E-state index >= 15 is 0 Å². The Bertz CT molecular complexity index is 661. The maximum absolute atomic E-state index is 11.8. The van der Waals surface area contributed by atoms with Crippen LogP contribution in [0.25, 0.3) is 10.9 Å². The summed E-state index contributed by atoms with van der Waals surface area (Å²) in [6, 6.07) is 6.65. The van der Waals surface area contributed by atoms with Crippen molar-refractivity contribution in [2.24, 2.45) is 11.5 Å². The van der Waals surface area contributed by atoms with Gasteiger partial charge in [0.2, 0.25) is 5.91 Å². The minimum Gasteiger partial charge on any atom is -0.368 e. The Balaban J connectivity index is 2.48. The summed E-state index contributed by atoms with van der Waals surface area (Å²) in [5.74, 6) is -0.612. The monoisotopic (exact) mass is 245 g/mol. The van der Waals surface area contributed by atoms with Gasteiger partial charge in [0.1, 0.15) is 0 Å². The number of H-pyrrole nitrogens is 1. The van der Waals surface area contributed by atoms with Crippen LogP contribution in [0.1, 0.15) is 11.1 Å². The van der Waals surface area contributed by atoms with Gasteiger partial charge in [-0.15, -0.1) is 0 Å². The van der Waals surface area contributed by atoms with Crippen LogP contribution in [0, 0.1) is 6.92 Å². The van der Waals surface area contributed by atoms with E-state index in [1.807, 2.05) is 25.1 Å². The van der Waals surface area contributed by atoms with Gasteiger partial charge >= 0.3 is 0 Å². The SMILES string of the molecule is Cc1ccc2[nH]c(=O)c(C[C@H](N)C(N)=O)cc2c1. The van der Waals surface area contributed by atoms with E-state index in [2.05, 4.69) is 4.98 Å². The molecule has 5 nitrogen and oxygen atoms in total. The zero-order valence-corrected chi connectivity index (χ0v) is 10.1. The molecule has 5 heteroatoms. The van der Waals surface area contributed by atoms with Crippen LogP contribution in [0.3, 0.4) is 0 Å². The number of aryl methyl sites for hydroxylation is 1. The number of rotatable bonds is 3. The van der Waals surface area contributed by atoms with E-state index in [9.17, 15) is 9.59 Å². The number of amides is 1. The van der Waals surface area contributed by atoms with Crippen LogP contribution in [0.4, 0.5) is 0 Å². The van der Waals surface area contributed by atoms with Gasteiger partial charge in [0.05, 0.1) is 6.04 Å². The number of fused-ring (bicyclic) bond motifs is 1. The molecule has 0 saturated heterocycles. The fraction of sp³-hybridized carbons (Fsp3) is 0.231. The number of primary amides is 1. The lowest BCUT2D eigenvalue weighted by Crippen LogP contribution is -2.39. The second-order valence-electron chi connectivity index (χ2n) is 4.43. The number of hydrogen-bond acceptors (Lipinski definition) is 3. The van der Waals surface area contributed by atoms with Gasteiger partial charge in [0.25, 0.3) is 5.56 Å². The highest BCUT2D eigenvalue weighted by molar-refractivity contribution is 5.81. The lowest BCUT2D eigenvalue weighted by molar-refractivity contribution is -0.119. The van der Waals surface area contributed by atoms with Crippen molar-refractivity contribution < 1.29 is 4.79 Å². The molecule has 0 spiro atoms. The van der Waals surface area contributed by atoms with E-state index in [-0.39, 0.29) is 12.0 Å². The van der Waals surface area contributed by atoms with Crippen LogP contribution in [0.15, 0.2) is 29.1 Å². The Labute approximate surface area is 104 Å². The van der Waals surface area contributed by atoms with Crippen LogP contribution < -0.4 is 17.0 Å². The van der Waals surface area contributed by atoms with E-state index in [4.69, 9.17) is 11.5 Å². The second-order valence-corrected chi connectivity index (χ2v) is 4.43. The summed E-state index contributed by atoms with van der Waals surface area (Å²) in [6.45, 7) is 1.97. The number of aromatic nitrogens is 1. The normalized spacial score (nSPS) is 12.6. The van der Waals surface area contributed by atoms with Gasteiger partial charge in [-0.3, -0.25) is 9.59 Å². The first-order valence-electron chi connectivity index (χ1n) is 5.65. The Morgan fingerprint density at radius 2 is 2.11 bits per heavy atom. The average molecular weight is 245 g/mol. The molecule has 0 unspecified atom stereocenters. The number of benzene rings is 1. The third-order valence-corrected chi connectivity index (χ3v) is 2.88. The van der Waals surface area contributed by atoms with E-state index in [0.717, 1.165) is 16.5 Å². The number of pyridine rings is 1. The fourth-order valence-electron chi connectivity index (χ4n) is 1.86. The zero-order valence-electron chi connectivity index (χ0n) is 10.1. The van der Waals surface area contributed by atoms with E-state index in [1.165, 1.54) is 0 Å². The highest BCUT2D eigenvalue weighted by atomic mass is 16.1. The highest BCUT2D eigenvalue weighted by Crippen LogP contribution is 2.13. The average Bonchev–Trinajstić information content (AvgIpc) is 2.30. The van der Waals surface area contributed by atoms with Crippen LogP contribution in [0.5, 0.6) is 0 Å². The van der Waals surface area contributed by atoms with E-state index in [1.54, 1.807) is 6.07 Å². The maximum atomic E-state index is 11.8. The summed E-state index contributed by atoms with van der Waals surface area (Å²) in [4.78, 5) is 25.5. The zero-order chi connectivity index (χ0) is 13.3. The molecule has 0 aliphatic heterocycles. The molecule has 0 bridgehead atoms. The molecule has 1 atom stereocenters. The van der Waals surface area contributed by atoms with E-state index < -0.39 is 11.9 Å². The van der Waals surface area contributed by atoms with Crippen molar-refractivity contribution in [3.05, 3.63) is 45.7 Å². The van der Waals surface area contributed by atoms with Crippen molar-refractivity contribution >= 4 is 16.8 Å². The minimum atomic E-state index is -0.839. The number of hydrogen-bond donors (Lipinski definition) is 3. The molecule has 0 fully saturated rings. The molecule has 18 heavy (non-hydrogen) atoms. The summed E-state index contributed by atoms with van der Waals surface area (Å²) in [5.41, 5.74) is 12.8. The summed E-state index contributed by atoms with van der Waals surface area (Å²) < 4.78 is 0. The molecule has 1 aromatic carbocycles. The molecular formula is C13H15N3O2. The third-order valence-electron chi connectivity index (χ3n) is 2.88. The minimum absolute atomic E-state index is 0.147. The van der Waals surface area contributed by atoms with Gasteiger partial charge in [0.15, 0.2) is 0 Å². The molecular weight excluding hydrogens is 230 g/mol. The van der Waals surface area contributed by atoms with Crippen LogP contribution in [0.2, 0.25) is 0 Å². The molecule has 0 aliphatic carbocycles. The fourth-order valence-corrected chi connectivity index (χ4v) is 1.86. The van der Waals surface area contributed by atoms with Crippen molar-refractivity contribution in [2.75, 3.05) is 0 Å². The molecule has 2 rings (SSSR count).